The number of carbonyl (C=O) groups excluding carboxylic acids is 1. The lowest BCUT2D eigenvalue weighted by molar-refractivity contribution is -0.117. The van der Waals surface area contributed by atoms with Crippen LogP contribution in [0.5, 0.6) is 5.75 Å². The molecule has 0 radical (unpaired) electrons. The molecule has 1 aliphatic rings. The van der Waals surface area contributed by atoms with Crippen molar-refractivity contribution in [2.75, 3.05) is 37.7 Å². The first-order valence-corrected chi connectivity index (χ1v) is 7.04. The minimum atomic E-state index is -0.00803. The molecule has 6 heteroatoms. The smallest absolute Gasteiger partial charge is 0.224 e. The van der Waals surface area contributed by atoms with Gasteiger partial charge in [0.2, 0.25) is 5.91 Å². The van der Waals surface area contributed by atoms with Crippen LogP contribution in [-0.2, 0) is 9.53 Å². The Morgan fingerprint density at radius 1 is 1.48 bits per heavy atom. The number of amides is 1. The van der Waals surface area contributed by atoms with Crippen LogP contribution in [0.25, 0.3) is 0 Å². The van der Waals surface area contributed by atoms with Gasteiger partial charge in [0, 0.05) is 20.0 Å². The zero-order valence-electron chi connectivity index (χ0n) is 12.5. The van der Waals surface area contributed by atoms with Crippen molar-refractivity contribution >= 4 is 24.0 Å². The molecule has 1 aliphatic heterocycles. The maximum atomic E-state index is 12.0. The predicted molar refractivity (Wildman–Crippen MR) is 85.5 cm³/mol. The van der Waals surface area contributed by atoms with E-state index in [9.17, 15) is 4.79 Å². The minimum Gasteiger partial charge on any atom is -0.492 e. The van der Waals surface area contributed by atoms with Gasteiger partial charge in [-0.1, -0.05) is 12.1 Å². The van der Waals surface area contributed by atoms with Crippen LogP contribution in [0.4, 0.5) is 5.69 Å². The summed E-state index contributed by atoms with van der Waals surface area (Å²) in [6.45, 7) is 6.93. The molecule has 1 fully saturated rings. The highest BCUT2D eigenvalue weighted by molar-refractivity contribution is 5.93. The number of hydrogen-bond donors (Lipinski definition) is 1. The summed E-state index contributed by atoms with van der Waals surface area (Å²) in [6, 6.07) is 7.61. The second kappa shape index (κ2) is 8.87. The Morgan fingerprint density at radius 3 is 2.86 bits per heavy atom. The Morgan fingerprint density at radius 2 is 2.24 bits per heavy atom. The highest BCUT2D eigenvalue weighted by atomic mass is 35.5. The van der Waals surface area contributed by atoms with Gasteiger partial charge in [0.1, 0.15) is 5.75 Å². The fourth-order valence-electron chi connectivity index (χ4n) is 2.29. The number of benzene rings is 1. The lowest BCUT2D eigenvalue weighted by atomic mass is 10.2. The zero-order chi connectivity index (χ0) is 14.4. The van der Waals surface area contributed by atoms with Crippen molar-refractivity contribution in [1.82, 2.24) is 5.32 Å². The Bertz CT molecular complexity index is 450. The van der Waals surface area contributed by atoms with E-state index in [4.69, 9.17) is 9.47 Å². The van der Waals surface area contributed by atoms with E-state index >= 15 is 0 Å². The van der Waals surface area contributed by atoms with E-state index in [0.29, 0.717) is 19.8 Å². The molecule has 1 N–H and O–H groups in total. The van der Waals surface area contributed by atoms with E-state index in [0.717, 1.165) is 24.5 Å². The van der Waals surface area contributed by atoms with Gasteiger partial charge >= 0.3 is 0 Å². The van der Waals surface area contributed by atoms with E-state index in [1.807, 2.05) is 31.2 Å². The summed E-state index contributed by atoms with van der Waals surface area (Å²) in [4.78, 5) is 13.7. The van der Waals surface area contributed by atoms with Crippen LogP contribution in [0.15, 0.2) is 24.3 Å². The van der Waals surface area contributed by atoms with E-state index in [2.05, 4.69) is 5.32 Å². The molecule has 1 atom stereocenters. The number of rotatable bonds is 5. The Kier molecular flexibility index (Phi) is 7.50. The standard InChI is InChI=1S/C15H22N2O3.ClH/c1-3-19-15-7-5-4-6-14(15)17(12(2)18)11-13-10-16-8-9-20-13;/h4-7,13,16H,3,8-11H2,1-2H3;1H. The highest BCUT2D eigenvalue weighted by Gasteiger charge is 2.22. The van der Waals surface area contributed by atoms with E-state index in [1.165, 1.54) is 0 Å². The van der Waals surface area contributed by atoms with Crippen molar-refractivity contribution in [2.45, 2.75) is 20.0 Å². The predicted octanol–water partition coefficient (Wildman–Crippen LogP) is 1.85. The van der Waals surface area contributed by atoms with E-state index in [-0.39, 0.29) is 24.4 Å². The van der Waals surface area contributed by atoms with Crippen LogP contribution in [0, 0.1) is 0 Å². The monoisotopic (exact) mass is 314 g/mol. The van der Waals surface area contributed by atoms with Crippen LogP contribution in [-0.4, -0.2) is 44.9 Å². The molecule has 0 bridgehead atoms. The first kappa shape index (κ1) is 17.8. The molecule has 0 aromatic heterocycles. The first-order valence-electron chi connectivity index (χ1n) is 7.04. The average molecular weight is 315 g/mol. The fraction of sp³-hybridized carbons (Fsp3) is 0.533. The number of morpholine rings is 1. The quantitative estimate of drug-likeness (QED) is 0.901. The minimum absolute atomic E-state index is 0. The van der Waals surface area contributed by atoms with Crippen molar-refractivity contribution in [3.8, 4) is 5.75 Å². The molecule has 118 valence electrons. The molecule has 1 saturated heterocycles. The zero-order valence-corrected chi connectivity index (χ0v) is 13.3. The Balaban J connectivity index is 0.00000220. The molecule has 21 heavy (non-hydrogen) atoms. The lowest BCUT2D eigenvalue weighted by Crippen LogP contribution is -2.46. The first-order chi connectivity index (χ1) is 9.72. The summed E-state index contributed by atoms with van der Waals surface area (Å²) in [7, 11) is 0. The Hall–Kier alpha value is -1.30. The molecule has 2 rings (SSSR count). The number of para-hydroxylation sites is 2. The topological polar surface area (TPSA) is 50.8 Å². The third-order valence-electron chi connectivity index (χ3n) is 3.23. The van der Waals surface area contributed by atoms with Gasteiger partial charge in [-0.3, -0.25) is 4.79 Å². The van der Waals surface area contributed by atoms with Crippen molar-refractivity contribution in [2.24, 2.45) is 0 Å². The maximum Gasteiger partial charge on any atom is 0.224 e. The van der Waals surface area contributed by atoms with Gasteiger partial charge in [-0.05, 0) is 19.1 Å². The molecule has 0 aliphatic carbocycles. The highest BCUT2D eigenvalue weighted by Crippen LogP contribution is 2.28. The SMILES string of the molecule is CCOc1ccccc1N(CC1CNCCO1)C(C)=O.Cl. The largest absolute Gasteiger partial charge is 0.492 e. The summed E-state index contributed by atoms with van der Waals surface area (Å²) in [5, 5.41) is 3.28. The molecule has 1 aromatic carbocycles. The second-order valence-corrected chi connectivity index (χ2v) is 4.73. The van der Waals surface area contributed by atoms with Gasteiger partial charge in [0.15, 0.2) is 0 Å². The molecule has 0 spiro atoms. The maximum absolute atomic E-state index is 12.0. The molecule has 0 saturated carbocycles. The summed E-state index contributed by atoms with van der Waals surface area (Å²) < 4.78 is 11.3. The average Bonchev–Trinajstić information content (AvgIpc) is 2.47. The molecule has 5 nitrogen and oxygen atoms in total. The molecule has 1 heterocycles. The number of carbonyl (C=O) groups is 1. The van der Waals surface area contributed by atoms with Crippen molar-refractivity contribution in [1.29, 1.82) is 0 Å². The van der Waals surface area contributed by atoms with E-state index < -0.39 is 0 Å². The van der Waals surface area contributed by atoms with Crippen LogP contribution >= 0.6 is 12.4 Å². The number of nitrogens with one attached hydrogen (secondary N) is 1. The van der Waals surface area contributed by atoms with Gasteiger partial charge in [0.05, 0.1) is 31.5 Å². The van der Waals surface area contributed by atoms with Gasteiger partial charge < -0.3 is 19.7 Å². The normalized spacial score (nSPS) is 17.7. The Labute approximate surface area is 132 Å². The number of anilines is 1. The van der Waals surface area contributed by atoms with E-state index in [1.54, 1.807) is 11.8 Å². The molecular weight excluding hydrogens is 292 g/mol. The molecule has 1 amide bonds. The number of nitrogens with zero attached hydrogens (tertiary/aromatic N) is 1. The molecule has 1 unspecified atom stereocenters. The fourth-order valence-corrected chi connectivity index (χ4v) is 2.29. The molecular formula is C15H23ClN2O3. The van der Waals surface area contributed by atoms with Crippen LogP contribution < -0.4 is 15.0 Å². The summed E-state index contributed by atoms with van der Waals surface area (Å²) in [5.74, 6) is 0.722. The van der Waals surface area contributed by atoms with Gasteiger partial charge in [-0.15, -0.1) is 12.4 Å². The number of ether oxygens (including phenoxy) is 2. The lowest BCUT2D eigenvalue weighted by Gasteiger charge is -2.30. The van der Waals surface area contributed by atoms with Crippen molar-refractivity contribution in [3.63, 3.8) is 0 Å². The van der Waals surface area contributed by atoms with Gasteiger partial charge in [-0.25, -0.2) is 0 Å². The number of hydrogen-bond acceptors (Lipinski definition) is 4. The second-order valence-electron chi connectivity index (χ2n) is 4.73. The molecule has 1 aromatic rings. The van der Waals surface area contributed by atoms with Crippen molar-refractivity contribution in [3.05, 3.63) is 24.3 Å². The van der Waals surface area contributed by atoms with Crippen LogP contribution in [0.1, 0.15) is 13.8 Å². The summed E-state index contributed by atoms with van der Waals surface area (Å²) >= 11 is 0. The summed E-state index contributed by atoms with van der Waals surface area (Å²) in [5.41, 5.74) is 0.802. The van der Waals surface area contributed by atoms with Crippen LogP contribution in [0.3, 0.4) is 0 Å². The van der Waals surface area contributed by atoms with Gasteiger partial charge in [-0.2, -0.15) is 0 Å². The van der Waals surface area contributed by atoms with Gasteiger partial charge in [0.25, 0.3) is 0 Å². The van der Waals surface area contributed by atoms with Crippen LogP contribution in [0.2, 0.25) is 0 Å². The van der Waals surface area contributed by atoms with Crippen molar-refractivity contribution < 1.29 is 14.3 Å². The summed E-state index contributed by atoms with van der Waals surface area (Å²) in [6.07, 6.45) is 0.0160. The third kappa shape index (κ3) is 4.88. The number of halogens is 1. The third-order valence-corrected chi connectivity index (χ3v) is 3.23.